The van der Waals surface area contributed by atoms with Crippen molar-refractivity contribution in [3.8, 4) is 6.07 Å². The summed E-state index contributed by atoms with van der Waals surface area (Å²) in [6.07, 6.45) is 4.96. The second-order valence-corrected chi connectivity index (χ2v) is 9.03. The molecule has 0 aromatic heterocycles. The molecule has 2 aliphatic heterocycles. The van der Waals surface area contributed by atoms with Crippen LogP contribution in [-0.4, -0.2) is 36.1 Å². The number of piperidine rings is 2. The molecule has 2 atom stereocenters. The summed E-state index contributed by atoms with van der Waals surface area (Å²) in [6.45, 7) is 6.17. The second kappa shape index (κ2) is 12.4. The van der Waals surface area contributed by atoms with E-state index in [0.29, 0.717) is 11.5 Å². The molecule has 5 heteroatoms. The van der Waals surface area contributed by atoms with Crippen molar-refractivity contribution in [3.05, 3.63) is 83.1 Å². The largest absolute Gasteiger partial charge is 0.389 e. The molecule has 0 spiro atoms. The highest BCUT2D eigenvalue weighted by Gasteiger charge is 2.23. The Bertz CT molecular complexity index is 927. The number of rotatable bonds is 4. The van der Waals surface area contributed by atoms with E-state index >= 15 is 0 Å². The smallest absolute Gasteiger partial charge is 0.116 e. The van der Waals surface area contributed by atoms with Gasteiger partial charge < -0.3 is 16.0 Å². The number of allylic oxidation sites excluding steroid dienone is 1. The van der Waals surface area contributed by atoms with Gasteiger partial charge in [0, 0.05) is 31.2 Å². The third kappa shape index (κ3) is 6.66. The fourth-order valence-electron chi connectivity index (χ4n) is 4.61. The lowest BCUT2D eigenvalue weighted by atomic mass is 9.90. The molecule has 168 valence electrons. The Hall–Kier alpha value is -2.68. The summed E-state index contributed by atoms with van der Waals surface area (Å²) in [5.74, 6) is 1.26. The zero-order valence-corrected chi connectivity index (χ0v) is 19.8. The van der Waals surface area contributed by atoms with Crippen LogP contribution in [0.15, 0.2) is 71.9 Å². The van der Waals surface area contributed by atoms with Gasteiger partial charge in [-0.1, -0.05) is 72.9 Å². The van der Waals surface area contributed by atoms with Gasteiger partial charge in [-0.2, -0.15) is 5.26 Å². The lowest BCUT2D eigenvalue weighted by Gasteiger charge is -2.35. The first-order valence-electron chi connectivity index (χ1n) is 11.6. The maximum atomic E-state index is 9.18. The van der Waals surface area contributed by atoms with Gasteiger partial charge in [0.1, 0.15) is 16.6 Å². The lowest BCUT2D eigenvalue weighted by molar-refractivity contribution is 0.258. The van der Waals surface area contributed by atoms with Crippen molar-refractivity contribution in [2.45, 2.75) is 44.4 Å². The molecule has 0 amide bonds. The van der Waals surface area contributed by atoms with Crippen LogP contribution in [0.3, 0.4) is 0 Å². The van der Waals surface area contributed by atoms with Gasteiger partial charge in [-0.25, -0.2) is 0 Å². The summed E-state index contributed by atoms with van der Waals surface area (Å²) in [7, 11) is 0. The molecule has 0 radical (unpaired) electrons. The van der Waals surface area contributed by atoms with E-state index in [4.69, 9.17) is 18.0 Å². The minimum Gasteiger partial charge on any atom is -0.389 e. The summed E-state index contributed by atoms with van der Waals surface area (Å²) in [5.41, 5.74) is 9.82. The molecule has 2 aliphatic rings. The van der Waals surface area contributed by atoms with Gasteiger partial charge in [-0.05, 0) is 56.2 Å². The van der Waals surface area contributed by atoms with Crippen LogP contribution in [0.4, 0.5) is 0 Å². The zero-order chi connectivity index (χ0) is 22.8. The first kappa shape index (κ1) is 24.0. The average Bonchev–Trinajstić information content (AvgIpc) is 2.86. The molecular weight excluding hydrogens is 412 g/mol. The van der Waals surface area contributed by atoms with Crippen molar-refractivity contribution in [1.82, 2.24) is 10.2 Å². The number of nitrogens with zero attached hydrogens (tertiary/aromatic N) is 2. The number of hydrogen-bond acceptors (Lipinski definition) is 4. The molecule has 3 N–H and O–H groups in total. The average molecular weight is 447 g/mol. The van der Waals surface area contributed by atoms with Crippen LogP contribution in [0, 0.1) is 11.3 Å². The number of hydrogen-bond donors (Lipinski definition) is 2. The number of benzene rings is 2. The predicted molar refractivity (Wildman–Crippen MR) is 136 cm³/mol. The number of nitrogens with two attached hydrogens (primary N) is 1. The molecule has 2 unspecified atom stereocenters. The van der Waals surface area contributed by atoms with Crippen LogP contribution in [0.5, 0.6) is 0 Å². The van der Waals surface area contributed by atoms with Crippen LogP contribution in [-0.2, 0) is 0 Å². The highest BCUT2D eigenvalue weighted by Crippen LogP contribution is 2.29. The van der Waals surface area contributed by atoms with E-state index in [1.807, 2.05) is 13.0 Å². The summed E-state index contributed by atoms with van der Waals surface area (Å²) >= 11 is 4.96. The molecule has 2 saturated heterocycles. The van der Waals surface area contributed by atoms with Crippen LogP contribution in [0.2, 0.25) is 0 Å². The zero-order valence-electron chi connectivity index (χ0n) is 19.0. The van der Waals surface area contributed by atoms with Crippen LogP contribution >= 0.6 is 12.2 Å². The quantitative estimate of drug-likeness (QED) is 0.388. The van der Waals surface area contributed by atoms with Gasteiger partial charge in [0.05, 0.1) is 0 Å². The lowest BCUT2D eigenvalue weighted by Crippen LogP contribution is -2.34. The Morgan fingerprint density at radius 2 is 1.59 bits per heavy atom. The first-order chi connectivity index (χ1) is 15.6. The molecule has 0 bridgehead atoms. The van der Waals surface area contributed by atoms with E-state index in [0.717, 1.165) is 37.7 Å². The molecule has 4 nitrogen and oxygen atoms in total. The van der Waals surface area contributed by atoms with Crippen molar-refractivity contribution in [1.29, 1.82) is 5.26 Å². The van der Waals surface area contributed by atoms with E-state index < -0.39 is 0 Å². The number of likely N-dealkylation sites (tertiary alicyclic amines) is 1. The standard InChI is InChI=1S/C16H19N3S.C11H15N/c1-12(15(10-17)16(18)20)19-9-5-8-14(11-19)13-6-3-2-4-7-13;1-2-5-10(6-3-1)11-7-4-8-12-9-11/h2-4,6-7,14H,5,8-9,11H2,1H3,(H2,18,20);1-3,5-6,11-12H,4,7-9H2/b15-12-;. The van der Waals surface area contributed by atoms with Gasteiger partial charge in [-0.3, -0.25) is 0 Å². The van der Waals surface area contributed by atoms with Gasteiger partial charge in [0.15, 0.2) is 0 Å². The summed E-state index contributed by atoms with van der Waals surface area (Å²) in [6, 6.07) is 23.5. The molecule has 4 rings (SSSR count). The maximum absolute atomic E-state index is 9.18. The fourth-order valence-corrected chi connectivity index (χ4v) is 4.81. The van der Waals surface area contributed by atoms with E-state index in [1.165, 1.54) is 36.9 Å². The van der Waals surface area contributed by atoms with E-state index in [1.54, 1.807) is 0 Å². The summed E-state index contributed by atoms with van der Waals surface area (Å²) < 4.78 is 0. The third-order valence-corrected chi connectivity index (χ3v) is 6.66. The normalized spacial score (nSPS) is 21.4. The monoisotopic (exact) mass is 446 g/mol. The van der Waals surface area contributed by atoms with Gasteiger partial charge in [0.2, 0.25) is 0 Å². The van der Waals surface area contributed by atoms with E-state index in [-0.39, 0.29) is 4.99 Å². The van der Waals surface area contributed by atoms with Crippen molar-refractivity contribution in [2.75, 3.05) is 26.2 Å². The van der Waals surface area contributed by atoms with Crippen molar-refractivity contribution >= 4 is 17.2 Å². The Morgan fingerprint density at radius 3 is 2.12 bits per heavy atom. The Labute approximate surface area is 198 Å². The Kier molecular flexibility index (Phi) is 9.27. The maximum Gasteiger partial charge on any atom is 0.116 e. The fraction of sp³-hybridized carbons (Fsp3) is 0.407. The van der Waals surface area contributed by atoms with Crippen molar-refractivity contribution in [3.63, 3.8) is 0 Å². The predicted octanol–water partition coefficient (Wildman–Crippen LogP) is 5.10. The van der Waals surface area contributed by atoms with Gasteiger partial charge in [-0.15, -0.1) is 0 Å². The van der Waals surface area contributed by atoms with Crippen LogP contribution in [0.25, 0.3) is 0 Å². The third-order valence-electron chi connectivity index (χ3n) is 6.45. The van der Waals surface area contributed by atoms with E-state index in [2.05, 4.69) is 70.9 Å². The second-order valence-electron chi connectivity index (χ2n) is 8.59. The number of nitriles is 1. The molecule has 32 heavy (non-hydrogen) atoms. The minimum absolute atomic E-state index is 0.187. The molecule has 0 saturated carbocycles. The number of thiocarbonyl (C=S) groups is 1. The molecule has 2 fully saturated rings. The molecule has 2 aromatic carbocycles. The first-order valence-corrected chi connectivity index (χ1v) is 12.0. The topological polar surface area (TPSA) is 65.1 Å². The van der Waals surface area contributed by atoms with Crippen molar-refractivity contribution < 1.29 is 0 Å². The minimum atomic E-state index is 0.187. The van der Waals surface area contributed by atoms with Crippen LogP contribution in [0.1, 0.15) is 55.6 Å². The Morgan fingerprint density at radius 1 is 1.00 bits per heavy atom. The van der Waals surface area contributed by atoms with Gasteiger partial charge >= 0.3 is 0 Å². The highest BCUT2D eigenvalue weighted by molar-refractivity contribution is 7.80. The van der Waals surface area contributed by atoms with Gasteiger partial charge in [0.25, 0.3) is 0 Å². The molecule has 0 aliphatic carbocycles. The highest BCUT2D eigenvalue weighted by atomic mass is 32.1. The SMILES string of the molecule is C/C(=C(\C#N)C(N)=S)N1CCCC(c2ccccc2)C1.c1ccc(C2CCCNC2)cc1. The van der Waals surface area contributed by atoms with Crippen LogP contribution < -0.4 is 11.1 Å². The number of nitrogens with one attached hydrogen (secondary N) is 1. The van der Waals surface area contributed by atoms with E-state index in [9.17, 15) is 5.26 Å². The molecule has 2 heterocycles. The van der Waals surface area contributed by atoms with Crippen molar-refractivity contribution in [2.24, 2.45) is 5.73 Å². The summed E-state index contributed by atoms with van der Waals surface area (Å²) in [5, 5.41) is 12.6. The molecular formula is C27H34N4S. The Balaban J connectivity index is 0.000000204. The summed E-state index contributed by atoms with van der Waals surface area (Å²) in [4.78, 5) is 2.42. The molecule has 2 aromatic rings.